The number of rotatable bonds is 11. The Balaban J connectivity index is 1.33. The van der Waals surface area contributed by atoms with Crippen LogP contribution in [0.4, 0.5) is 4.79 Å². The van der Waals surface area contributed by atoms with E-state index in [1.165, 1.54) is 44.1 Å². The SMILES string of the molecule is CCc1ccc(CCC(=O)[C@@H]2CN(C(=O)Oc3ccccc3Cl)CCN2C(=O)[C@@H](CC2CCCCC2)NC2CCCCC2)cc1. The highest BCUT2D eigenvalue weighted by Crippen LogP contribution is 2.30. The molecule has 2 atom stereocenters. The van der Waals surface area contributed by atoms with Crippen LogP contribution in [0.25, 0.3) is 0 Å². The van der Waals surface area contributed by atoms with Gasteiger partial charge >= 0.3 is 6.09 Å². The number of piperazine rings is 1. The lowest BCUT2D eigenvalue weighted by molar-refractivity contribution is -0.145. The second-order valence-corrected chi connectivity index (χ2v) is 13.6. The summed E-state index contributed by atoms with van der Waals surface area (Å²) in [6, 6.07) is 14.5. The van der Waals surface area contributed by atoms with Crippen molar-refractivity contribution < 1.29 is 19.1 Å². The lowest BCUT2D eigenvalue weighted by Gasteiger charge is -2.42. The first-order chi connectivity index (χ1) is 21.9. The monoisotopic (exact) mass is 635 g/mol. The standard InChI is InChI=1S/C37H50ClN3O4/c1-2-27-17-19-28(20-18-27)21-22-34(42)33-26-40(37(44)45-35-16-10-9-15-31(35)38)23-24-41(33)36(43)32(25-29-11-5-3-6-12-29)39-30-13-7-4-8-14-30/h9-10,15-20,29-30,32-33,39H,2-8,11-14,21-26H2,1H3/t32-,33+/m1/s1. The van der Waals surface area contributed by atoms with E-state index in [-0.39, 0.29) is 30.0 Å². The number of nitrogens with one attached hydrogen (secondary N) is 1. The minimum absolute atomic E-state index is 0.0101. The Morgan fingerprint density at radius 2 is 1.56 bits per heavy atom. The maximum Gasteiger partial charge on any atom is 0.415 e. The van der Waals surface area contributed by atoms with Crippen molar-refractivity contribution in [2.45, 2.75) is 115 Å². The molecule has 0 radical (unpaired) electrons. The molecule has 2 aromatic rings. The van der Waals surface area contributed by atoms with E-state index in [4.69, 9.17) is 16.3 Å². The number of carbonyl (C=O) groups excluding carboxylic acids is 3. The summed E-state index contributed by atoms with van der Waals surface area (Å²) in [5, 5.41) is 4.13. The average Bonchev–Trinajstić information content (AvgIpc) is 3.08. The molecule has 2 aromatic carbocycles. The van der Waals surface area contributed by atoms with Crippen LogP contribution in [0.15, 0.2) is 48.5 Å². The van der Waals surface area contributed by atoms with Gasteiger partial charge in [0, 0.05) is 25.6 Å². The first-order valence-electron chi connectivity index (χ1n) is 17.3. The Labute approximate surface area is 274 Å². The maximum absolute atomic E-state index is 14.5. The molecule has 8 heteroatoms. The zero-order valence-electron chi connectivity index (χ0n) is 26.9. The molecule has 1 saturated heterocycles. The van der Waals surface area contributed by atoms with Crippen LogP contribution in [0.1, 0.15) is 95.1 Å². The van der Waals surface area contributed by atoms with Crippen molar-refractivity contribution in [3.63, 3.8) is 0 Å². The summed E-state index contributed by atoms with van der Waals surface area (Å²) in [5.74, 6) is 0.796. The van der Waals surface area contributed by atoms with Crippen molar-refractivity contribution in [3.05, 3.63) is 64.7 Å². The number of hydrogen-bond donors (Lipinski definition) is 1. The molecule has 0 spiro atoms. The zero-order valence-corrected chi connectivity index (χ0v) is 27.6. The molecule has 2 amide bonds. The quantitative estimate of drug-likeness (QED) is 0.279. The highest BCUT2D eigenvalue weighted by atomic mass is 35.5. The number of nitrogens with zero attached hydrogens (tertiary/aromatic N) is 2. The molecule has 7 nitrogen and oxygen atoms in total. The fraction of sp³-hybridized carbons (Fsp3) is 0.595. The molecule has 2 aliphatic carbocycles. The number of carbonyl (C=O) groups is 3. The number of Topliss-reactive ketones (excluding diaryl/α,β-unsaturated/α-hetero) is 1. The third-order valence-corrected chi connectivity index (χ3v) is 10.4. The molecule has 244 valence electrons. The number of amides is 2. The summed E-state index contributed by atoms with van der Waals surface area (Å²) in [6.45, 7) is 2.84. The normalized spacial score (nSPS) is 20.5. The minimum Gasteiger partial charge on any atom is -0.409 e. The average molecular weight is 636 g/mol. The Morgan fingerprint density at radius 1 is 0.889 bits per heavy atom. The fourth-order valence-electron chi connectivity index (χ4n) is 7.30. The molecule has 1 heterocycles. The largest absolute Gasteiger partial charge is 0.415 e. The summed E-state index contributed by atoms with van der Waals surface area (Å²) in [6.07, 6.45) is 14.0. The van der Waals surface area contributed by atoms with E-state index in [0.717, 1.165) is 44.1 Å². The van der Waals surface area contributed by atoms with Crippen LogP contribution >= 0.6 is 11.6 Å². The minimum atomic E-state index is -0.720. The maximum atomic E-state index is 14.5. The van der Waals surface area contributed by atoms with Crippen molar-refractivity contribution in [2.24, 2.45) is 5.92 Å². The summed E-state index contributed by atoms with van der Waals surface area (Å²) < 4.78 is 5.64. The van der Waals surface area contributed by atoms with E-state index in [9.17, 15) is 14.4 Å². The molecule has 0 aromatic heterocycles. The number of hydrogen-bond acceptors (Lipinski definition) is 5. The highest BCUT2D eigenvalue weighted by molar-refractivity contribution is 6.32. The smallest absolute Gasteiger partial charge is 0.409 e. The predicted octanol–water partition coefficient (Wildman–Crippen LogP) is 7.38. The van der Waals surface area contributed by atoms with Gasteiger partial charge in [-0.3, -0.25) is 9.59 Å². The molecule has 1 aliphatic heterocycles. The Bertz CT molecular complexity index is 1250. The molecule has 45 heavy (non-hydrogen) atoms. The van der Waals surface area contributed by atoms with E-state index in [2.05, 4.69) is 36.5 Å². The molecule has 0 bridgehead atoms. The number of ether oxygens (including phenoxy) is 1. The van der Waals surface area contributed by atoms with Gasteiger partial charge in [-0.05, 0) is 61.3 Å². The Kier molecular flexibility index (Phi) is 12.3. The third kappa shape index (κ3) is 9.32. The molecule has 0 unspecified atom stereocenters. The van der Waals surface area contributed by atoms with Crippen molar-refractivity contribution >= 4 is 29.4 Å². The topological polar surface area (TPSA) is 79.0 Å². The van der Waals surface area contributed by atoms with Crippen LogP contribution in [0.2, 0.25) is 5.02 Å². The highest BCUT2D eigenvalue weighted by Gasteiger charge is 2.40. The van der Waals surface area contributed by atoms with Gasteiger partial charge in [0.2, 0.25) is 5.91 Å². The van der Waals surface area contributed by atoms with Crippen molar-refractivity contribution in [2.75, 3.05) is 19.6 Å². The summed E-state index contributed by atoms with van der Waals surface area (Å²) >= 11 is 6.25. The second kappa shape index (κ2) is 16.6. The van der Waals surface area contributed by atoms with Gasteiger partial charge < -0.3 is 19.9 Å². The van der Waals surface area contributed by atoms with E-state index in [1.54, 1.807) is 34.1 Å². The summed E-state index contributed by atoms with van der Waals surface area (Å²) in [5.41, 5.74) is 2.36. The van der Waals surface area contributed by atoms with Gasteiger partial charge in [-0.1, -0.05) is 106 Å². The van der Waals surface area contributed by atoms with Crippen molar-refractivity contribution in [1.82, 2.24) is 15.1 Å². The zero-order chi connectivity index (χ0) is 31.6. The third-order valence-electron chi connectivity index (χ3n) is 10.1. The summed E-state index contributed by atoms with van der Waals surface area (Å²) in [4.78, 5) is 45.1. The van der Waals surface area contributed by atoms with E-state index < -0.39 is 12.1 Å². The van der Waals surface area contributed by atoms with Gasteiger partial charge in [-0.2, -0.15) is 0 Å². The molecule has 2 saturated carbocycles. The molecule has 3 aliphatic rings. The van der Waals surface area contributed by atoms with E-state index in [1.807, 2.05) is 0 Å². The number of halogens is 1. The van der Waals surface area contributed by atoms with Gasteiger partial charge in [-0.15, -0.1) is 0 Å². The number of para-hydroxylation sites is 1. The van der Waals surface area contributed by atoms with Gasteiger partial charge in [0.25, 0.3) is 0 Å². The van der Waals surface area contributed by atoms with Crippen LogP contribution in [-0.2, 0) is 22.4 Å². The van der Waals surface area contributed by atoms with Gasteiger partial charge in [0.15, 0.2) is 11.5 Å². The Hall–Kier alpha value is -2.90. The summed E-state index contributed by atoms with van der Waals surface area (Å²) in [7, 11) is 0. The van der Waals surface area contributed by atoms with Crippen molar-refractivity contribution in [3.8, 4) is 5.75 Å². The first kappa shape index (κ1) is 33.5. The van der Waals surface area contributed by atoms with Crippen LogP contribution in [0, 0.1) is 5.92 Å². The van der Waals surface area contributed by atoms with Crippen LogP contribution in [-0.4, -0.2) is 65.3 Å². The number of ketones is 1. The molecular weight excluding hydrogens is 586 g/mol. The van der Waals surface area contributed by atoms with Crippen molar-refractivity contribution in [1.29, 1.82) is 0 Å². The predicted molar refractivity (Wildman–Crippen MR) is 179 cm³/mol. The van der Waals surface area contributed by atoms with E-state index >= 15 is 0 Å². The van der Waals surface area contributed by atoms with Gasteiger partial charge in [-0.25, -0.2) is 4.79 Å². The van der Waals surface area contributed by atoms with Crippen LogP contribution in [0.3, 0.4) is 0 Å². The lowest BCUT2D eigenvalue weighted by Crippen LogP contribution is -2.63. The Morgan fingerprint density at radius 3 is 2.24 bits per heavy atom. The van der Waals surface area contributed by atoms with Gasteiger partial charge in [0.1, 0.15) is 6.04 Å². The molecular formula is C37H50ClN3O4. The number of aryl methyl sites for hydroxylation is 2. The molecule has 1 N–H and O–H groups in total. The van der Waals surface area contributed by atoms with E-state index in [0.29, 0.717) is 42.9 Å². The van der Waals surface area contributed by atoms with Crippen LogP contribution in [0.5, 0.6) is 5.75 Å². The van der Waals surface area contributed by atoms with Crippen LogP contribution < -0.4 is 10.1 Å². The van der Waals surface area contributed by atoms with Gasteiger partial charge in [0.05, 0.1) is 17.6 Å². The second-order valence-electron chi connectivity index (χ2n) is 13.2. The fourth-order valence-corrected chi connectivity index (χ4v) is 7.47. The lowest BCUT2D eigenvalue weighted by atomic mass is 9.83. The number of benzene rings is 2. The molecule has 5 rings (SSSR count). The molecule has 3 fully saturated rings. The first-order valence-corrected chi connectivity index (χ1v) is 17.7.